The van der Waals surface area contributed by atoms with E-state index in [1.165, 1.54) is 11.3 Å². The zero-order chi connectivity index (χ0) is 17.0. The number of rotatable bonds is 6. The normalized spacial score (nSPS) is 25.3. The molecule has 0 aliphatic carbocycles. The van der Waals surface area contributed by atoms with Gasteiger partial charge in [-0.1, -0.05) is 20.8 Å². The van der Waals surface area contributed by atoms with Crippen LogP contribution in [-0.2, 0) is 14.3 Å². The van der Waals surface area contributed by atoms with Gasteiger partial charge < -0.3 is 15.4 Å². The number of ether oxygens (including phenoxy) is 1. The molecule has 6 nitrogen and oxygen atoms in total. The first-order valence-corrected chi connectivity index (χ1v) is 8.91. The van der Waals surface area contributed by atoms with E-state index in [-0.39, 0.29) is 29.8 Å². The summed E-state index contributed by atoms with van der Waals surface area (Å²) >= 11 is 1.35. The number of carbonyl (C=O) groups excluding carboxylic acids is 2. The third-order valence-corrected chi connectivity index (χ3v) is 4.55. The second kappa shape index (κ2) is 7.88. The van der Waals surface area contributed by atoms with Gasteiger partial charge >= 0.3 is 0 Å². The van der Waals surface area contributed by atoms with E-state index in [2.05, 4.69) is 15.6 Å². The Kier molecular flexibility index (Phi) is 6.12. The van der Waals surface area contributed by atoms with Crippen LogP contribution in [0.25, 0.3) is 0 Å². The molecule has 1 aliphatic heterocycles. The van der Waals surface area contributed by atoms with Crippen LogP contribution in [0.4, 0.5) is 5.13 Å². The Balaban J connectivity index is 2.00. The molecular weight excluding hydrogens is 314 g/mol. The fourth-order valence-corrected chi connectivity index (χ4v) is 3.37. The van der Waals surface area contributed by atoms with Crippen molar-refractivity contribution >= 4 is 28.3 Å². The van der Waals surface area contributed by atoms with Crippen LogP contribution in [0.5, 0.6) is 0 Å². The lowest BCUT2D eigenvalue weighted by atomic mass is 9.99. The fourth-order valence-electron chi connectivity index (χ4n) is 2.84. The minimum atomic E-state index is -0.585. The predicted octanol–water partition coefficient (Wildman–Crippen LogP) is 2.43. The first-order chi connectivity index (χ1) is 10.9. The first kappa shape index (κ1) is 17.9. The van der Waals surface area contributed by atoms with Gasteiger partial charge in [0.2, 0.25) is 11.8 Å². The average molecular weight is 339 g/mol. The van der Waals surface area contributed by atoms with Crippen LogP contribution in [0.1, 0.15) is 40.5 Å². The Labute approximate surface area is 141 Å². The van der Waals surface area contributed by atoms with E-state index in [0.717, 1.165) is 6.42 Å². The summed E-state index contributed by atoms with van der Waals surface area (Å²) in [5.74, 6) is -0.00241. The molecule has 7 heteroatoms. The molecule has 0 saturated carbocycles. The van der Waals surface area contributed by atoms with Crippen molar-refractivity contribution in [3.63, 3.8) is 0 Å². The number of hydrogen-bond donors (Lipinski definition) is 2. The maximum absolute atomic E-state index is 12.5. The van der Waals surface area contributed by atoms with Crippen molar-refractivity contribution in [2.45, 2.75) is 58.8 Å². The summed E-state index contributed by atoms with van der Waals surface area (Å²) in [4.78, 5) is 29.0. The van der Waals surface area contributed by atoms with Crippen LogP contribution in [-0.4, -0.2) is 35.0 Å². The molecule has 1 fully saturated rings. The van der Waals surface area contributed by atoms with Crippen molar-refractivity contribution in [2.24, 2.45) is 11.8 Å². The predicted molar refractivity (Wildman–Crippen MR) is 90.2 cm³/mol. The number of amides is 2. The van der Waals surface area contributed by atoms with Crippen molar-refractivity contribution in [3.05, 3.63) is 11.6 Å². The Morgan fingerprint density at radius 3 is 2.70 bits per heavy atom. The number of carbonyl (C=O) groups is 2. The van der Waals surface area contributed by atoms with Gasteiger partial charge in [0.05, 0.1) is 6.10 Å². The number of nitrogens with zero attached hydrogens (tertiary/aromatic N) is 1. The van der Waals surface area contributed by atoms with Gasteiger partial charge in [0.1, 0.15) is 12.1 Å². The Hall–Kier alpha value is -1.47. The number of aromatic nitrogens is 1. The lowest BCUT2D eigenvalue weighted by Crippen LogP contribution is -2.49. The molecule has 4 atom stereocenters. The lowest BCUT2D eigenvalue weighted by Gasteiger charge is -2.22. The third-order valence-electron chi connectivity index (χ3n) is 3.86. The Morgan fingerprint density at radius 2 is 2.17 bits per heavy atom. The van der Waals surface area contributed by atoms with E-state index in [1.807, 2.05) is 27.7 Å². The summed E-state index contributed by atoms with van der Waals surface area (Å²) in [6.07, 6.45) is 2.66. The summed E-state index contributed by atoms with van der Waals surface area (Å²) in [6.45, 7) is 8.00. The van der Waals surface area contributed by atoms with Gasteiger partial charge in [0.25, 0.3) is 0 Å². The Bertz CT molecular complexity index is 533. The van der Waals surface area contributed by atoms with Crippen LogP contribution in [0, 0.1) is 11.8 Å². The van der Waals surface area contributed by atoms with Gasteiger partial charge in [-0.2, -0.15) is 0 Å². The first-order valence-electron chi connectivity index (χ1n) is 8.03. The smallest absolute Gasteiger partial charge is 0.250 e. The topological polar surface area (TPSA) is 80.3 Å². The molecule has 0 bridgehead atoms. The number of hydrogen-bond acceptors (Lipinski definition) is 5. The zero-order valence-electron chi connectivity index (χ0n) is 14.0. The molecule has 1 aliphatic rings. The van der Waals surface area contributed by atoms with Gasteiger partial charge in [0.15, 0.2) is 5.13 Å². The lowest BCUT2D eigenvalue weighted by molar-refractivity contribution is -0.136. The molecule has 2 amide bonds. The number of thiazole rings is 1. The highest BCUT2D eigenvalue weighted by Gasteiger charge is 2.36. The summed E-state index contributed by atoms with van der Waals surface area (Å²) in [5.41, 5.74) is 0. The van der Waals surface area contributed by atoms with E-state index in [1.54, 1.807) is 11.6 Å². The summed E-state index contributed by atoms with van der Waals surface area (Å²) < 4.78 is 5.67. The average Bonchev–Trinajstić information content (AvgIpc) is 3.07. The van der Waals surface area contributed by atoms with Crippen LogP contribution in [0.2, 0.25) is 0 Å². The van der Waals surface area contributed by atoms with Gasteiger partial charge in [-0.25, -0.2) is 4.98 Å². The molecule has 1 saturated heterocycles. The quantitative estimate of drug-likeness (QED) is 0.834. The molecule has 1 aromatic rings. The minimum absolute atomic E-state index is 0.0773. The maximum atomic E-state index is 12.5. The second-order valence-corrected chi connectivity index (χ2v) is 7.49. The highest BCUT2D eigenvalue weighted by Crippen LogP contribution is 2.26. The minimum Gasteiger partial charge on any atom is -0.365 e. The molecule has 4 unspecified atom stereocenters. The summed E-state index contributed by atoms with van der Waals surface area (Å²) in [7, 11) is 0. The third kappa shape index (κ3) is 5.00. The molecule has 1 aromatic heterocycles. The monoisotopic (exact) mass is 339 g/mol. The molecule has 128 valence electrons. The molecule has 0 spiro atoms. The Morgan fingerprint density at radius 1 is 1.43 bits per heavy atom. The van der Waals surface area contributed by atoms with Crippen LogP contribution >= 0.6 is 11.3 Å². The van der Waals surface area contributed by atoms with E-state index >= 15 is 0 Å². The van der Waals surface area contributed by atoms with Crippen LogP contribution in [0.3, 0.4) is 0 Å². The van der Waals surface area contributed by atoms with E-state index < -0.39 is 12.1 Å². The van der Waals surface area contributed by atoms with Crippen LogP contribution < -0.4 is 10.6 Å². The standard InChI is InChI=1S/C16H25N3O3S/c1-9(2)7-12(14(20)19-16-17-5-6-23-16)18-15(21)13-10(3)8-11(4)22-13/h5-6,9-13H,7-8H2,1-4H3,(H,18,21)(H,17,19,20). The highest BCUT2D eigenvalue weighted by atomic mass is 32.1. The maximum Gasteiger partial charge on any atom is 0.250 e. The van der Waals surface area contributed by atoms with Gasteiger partial charge in [-0.3, -0.25) is 9.59 Å². The second-order valence-electron chi connectivity index (χ2n) is 6.60. The molecule has 2 rings (SSSR count). The van der Waals surface area contributed by atoms with Crippen molar-refractivity contribution in [3.8, 4) is 0 Å². The largest absolute Gasteiger partial charge is 0.365 e. The summed E-state index contributed by atoms with van der Waals surface area (Å²) in [5, 5.41) is 7.94. The number of anilines is 1. The van der Waals surface area contributed by atoms with Crippen LogP contribution in [0.15, 0.2) is 11.6 Å². The molecule has 2 N–H and O–H groups in total. The zero-order valence-corrected chi connectivity index (χ0v) is 14.9. The van der Waals surface area contributed by atoms with Gasteiger partial charge in [0, 0.05) is 11.6 Å². The van der Waals surface area contributed by atoms with Crippen molar-refractivity contribution in [2.75, 3.05) is 5.32 Å². The van der Waals surface area contributed by atoms with E-state index in [0.29, 0.717) is 11.6 Å². The summed E-state index contributed by atoms with van der Waals surface area (Å²) in [6, 6.07) is -0.585. The SMILES string of the molecule is CC(C)CC(NC(=O)C1OC(C)CC1C)C(=O)Nc1nccs1. The highest BCUT2D eigenvalue weighted by molar-refractivity contribution is 7.13. The number of nitrogens with one attached hydrogen (secondary N) is 2. The van der Waals surface area contributed by atoms with Crippen molar-refractivity contribution in [1.29, 1.82) is 0 Å². The van der Waals surface area contributed by atoms with Gasteiger partial charge in [-0.15, -0.1) is 11.3 Å². The molecular formula is C16H25N3O3S. The van der Waals surface area contributed by atoms with E-state index in [9.17, 15) is 9.59 Å². The molecule has 0 aromatic carbocycles. The molecule has 23 heavy (non-hydrogen) atoms. The molecule has 2 heterocycles. The van der Waals surface area contributed by atoms with Crippen molar-refractivity contribution in [1.82, 2.24) is 10.3 Å². The fraction of sp³-hybridized carbons (Fsp3) is 0.688. The molecule has 0 radical (unpaired) electrons. The van der Waals surface area contributed by atoms with Gasteiger partial charge in [-0.05, 0) is 31.6 Å². The van der Waals surface area contributed by atoms with Crippen molar-refractivity contribution < 1.29 is 14.3 Å². The van der Waals surface area contributed by atoms with E-state index in [4.69, 9.17) is 4.74 Å².